The highest BCUT2D eigenvalue weighted by Crippen LogP contribution is 2.31. The fourth-order valence-electron chi connectivity index (χ4n) is 3.83. The van der Waals surface area contributed by atoms with Crippen molar-refractivity contribution in [3.63, 3.8) is 0 Å². The zero-order chi connectivity index (χ0) is 27.2. The van der Waals surface area contributed by atoms with E-state index in [1.807, 2.05) is 6.07 Å². The molecule has 9 heteroatoms. The molecule has 0 aliphatic heterocycles. The Kier molecular flexibility index (Phi) is 8.91. The number of alkyl halides is 3. The first kappa shape index (κ1) is 27.7. The second-order valence-electron chi connectivity index (χ2n) is 8.59. The van der Waals surface area contributed by atoms with Crippen LogP contribution in [0.2, 0.25) is 0 Å². The van der Waals surface area contributed by atoms with Gasteiger partial charge in [-0.25, -0.2) is 9.18 Å². The van der Waals surface area contributed by atoms with Gasteiger partial charge in [0.15, 0.2) is 0 Å². The van der Waals surface area contributed by atoms with E-state index in [0.717, 1.165) is 42.0 Å². The molecule has 3 rings (SSSR count). The topological polar surface area (TPSA) is 75.6 Å². The molecule has 3 aromatic carbocycles. The Labute approximate surface area is 212 Å². The van der Waals surface area contributed by atoms with Gasteiger partial charge in [0.25, 0.3) is 5.91 Å². The maximum atomic E-state index is 14.3. The highest BCUT2D eigenvalue weighted by atomic mass is 19.4. The standard InChI is InChI=1S/C28H27F4NO4/c1-3-4-5-12-37-25-11-7-18(22-9-6-19(27(35)36)13-17(22)2)14-20(25)16-33-26(34)23-10-8-21(15-24(23)29)28(30,31)32/h6-11,13-15H,3-5,12,16H2,1-2H3,(H,33,34)(H,35,36). The van der Waals surface area contributed by atoms with Gasteiger partial charge in [-0.2, -0.15) is 13.2 Å². The first-order valence-corrected chi connectivity index (χ1v) is 11.8. The van der Waals surface area contributed by atoms with Crippen molar-refractivity contribution in [2.24, 2.45) is 0 Å². The Morgan fingerprint density at radius 3 is 2.38 bits per heavy atom. The molecule has 0 radical (unpaired) electrons. The van der Waals surface area contributed by atoms with Gasteiger partial charge < -0.3 is 15.2 Å². The molecule has 0 heterocycles. The second kappa shape index (κ2) is 11.9. The lowest BCUT2D eigenvalue weighted by atomic mass is 9.96. The second-order valence-corrected chi connectivity index (χ2v) is 8.59. The van der Waals surface area contributed by atoms with Crippen LogP contribution in [0.3, 0.4) is 0 Å². The van der Waals surface area contributed by atoms with Crippen LogP contribution in [0.4, 0.5) is 17.6 Å². The van der Waals surface area contributed by atoms with E-state index in [9.17, 15) is 32.3 Å². The van der Waals surface area contributed by atoms with Gasteiger partial charge in [-0.15, -0.1) is 0 Å². The number of nitrogens with one attached hydrogen (secondary N) is 1. The lowest BCUT2D eigenvalue weighted by Crippen LogP contribution is -2.24. The molecule has 0 spiro atoms. The number of unbranched alkanes of at least 4 members (excludes halogenated alkanes) is 2. The molecule has 0 aliphatic carbocycles. The molecule has 196 valence electrons. The van der Waals surface area contributed by atoms with E-state index in [1.165, 1.54) is 6.07 Å². The van der Waals surface area contributed by atoms with Crippen LogP contribution in [0.25, 0.3) is 11.1 Å². The number of amides is 1. The summed E-state index contributed by atoms with van der Waals surface area (Å²) < 4.78 is 58.6. The van der Waals surface area contributed by atoms with Gasteiger partial charge in [0.2, 0.25) is 0 Å². The summed E-state index contributed by atoms with van der Waals surface area (Å²) in [6, 6.07) is 11.8. The maximum absolute atomic E-state index is 14.3. The third-order valence-electron chi connectivity index (χ3n) is 5.83. The minimum atomic E-state index is -4.72. The molecule has 1 amide bonds. The first-order chi connectivity index (χ1) is 17.5. The van der Waals surface area contributed by atoms with Gasteiger partial charge >= 0.3 is 12.1 Å². The van der Waals surface area contributed by atoms with Crippen LogP contribution in [-0.2, 0) is 12.7 Å². The number of carbonyl (C=O) groups is 2. The Balaban J connectivity index is 1.86. The van der Waals surface area contributed by atoms with Crippen LogP contribution in [0.5, 0.6) is 5.75 Å². The van der Waals surface area contributed by atoms with Crippen LogP contribution in [0.1, 0.15) is 63.6 Å². The molecule has 2 N–H and O–H groups in total. The summed E-state index contributed by atoms with van der Waals surface area (Å²) >= 11 is 0. The van der Waals surface area contributed by atoms with Crippen LogP contribution < -0.4 is 10.1 Å². The quantitative estimate of drug-likeness (QED) is 0.224. The van der Waals surface area contributed by atoms with Crippen LogP contribution in [0, 0.1) is 12.7 Å². The molecule has 37 heavy (non-hydrogen) atoms. The maximum Gasteiger partial charge on any atom is 0.416 e. The Morgan fingerprint density at radius 2 is 1.76 bits per heavy atom. The predicted octanol–water partition coefficient (Wildman–Crippen LogP) is 7.02. The molecule has 0 aromatic heterocycles. The van der Waals surface area contributed by atoms with Crippen LogP contribution in [0.15, 0.2) is 54.6 Å². The summed E-state index contributed by atoms with van der Waals surface area (Å²) in [6.07, 6.45) is -1.90. The smallest absolute Gasteiger partial charge is 0.416 e. The Hall–Kier alpha value is -3.88. The number of halogens is 4. The van der Waals surface area contributed by atoms with Crippen molar-refractivity contribution in [2.75, 3.05) is 6.61 Å². The molecular weight excluding hydrogens is 490 g/mol. The summed E-state index contributed by atoms with van der Waals surface area (Å²) in [5, 5.41) is 11.8. The van der Waals surface area contributed by atoms with Crippen molar-refractivity contribution in [1.82, 2.24) is 5.32 Å². The molecule has 0 aliphatic rings. The SMILES string of the molecule is CCCCCOc1ccc(-c2ccc(C(=O)O)cc2C)cc1CNC(=O)c1ccc(C(F)(F)F)cc1F. The zero-order valence-electron chi connectivity index (χ0n) is 20.4. The number of ether oxygens (including phenoxy) is 1. The molecule has 0 bridgehead atoms. The van der Waals surface area contributed by atoms with E-state index >= 15 is 0 Å². The number of aryl methyl sites for hydroxylation is 1. The molecule has 3 aromatic rings. The van der Waals surface area contributed by atoms with Gasteiger partial charge in [0, 0.05) is 12.1 Å². The number of carboxylic acids is 1. The average Bonchev–Trinajstić information content (AvgIpc) is 2.85. The number of carbonyl (C=O) groups excluding carboxylic acids is 1. The van der Waals surface area contributed by atoms with Crippen molar-refractivity contribution in [3.05, 3.63) is 88.2 Å². The summed E-state index contributed by atoms with van der Waals surface area (Å²) in [7, 11) is 0. The van der Waals surface area contributed by atoms with Crippen molar-refractivity contribution < 1.29 is 37.0 Å². The fraction of sp³-hybridized carbons (Fsp3) is 0.286. The molecule has 0 saturated carbocycles. The van der Waals surface area contributed by atoms with Gasteiger partial charge in [0.1, 0.15) is 11.6 Å². The number of benzene rings is 3. The number of hydrogen-bond acceptors (Lipinski definition) is 3. The third-order valence-corrected chi connectivity index (χ3v) is 5.83. The number of rotatable bonds is 10. The minimum Gasteiger partial charge on any atom is -0.493 e. The molecule has 0 fully saturated rings. The van der Waals surface area contributed by atoms with Crippen LogP contribution >= 0.6 is 0 Å². The average molecular weight is 518 g/mol. The van der Waals surface area contributed by atoms with Crippen molar-refractivity contribution in [2.45, 2.75) is 45.8 Å². The van der Waals surface area contributed by atoms with Crippen LogP contribution in [-0.4, -0.2) is 23.6 Å². The highest BCUT2D eigenvalue weighted by molar-refractivity contribution is 5.94. The first-order valence-electron chi connectivity index (χ1n) is 11.8. The summed E-state index contributed by atoms with van der Waals surface area (Å²) in [4.78, 5) is 23.9. The molecule has 0 atom stereocenters. The summed E-state index contributed by atoms with van der Waals surface area (Å²) in [5.74, 6) is -2.67. The Bertz CT molecular complexity index is 1290. The largest absolute Gasteiger partial charge is 0.493 e. The molecule has 0 unspecified atom stereocenters. The summed E-state index contributed by atoms with van der Waals surface area (Å²) in [6.45, 7) is 4.23. The van der Waals surface area contributed by atoms with Gasteiger partial charge in [-0.3, -0.25) is 4.79 Å². The van der Waals surface area contributed by atoms with Crippen molar-refractivity contribution >= 4 is 11.9 Å². The number of carboxylic acid groups (broad SMARTS) is 1. The predicted molar refractivity (Wildman–Crippen MR) is 131 cm³/mol. The van der Waals surface area contributed by atoms with Crippen molar-refractivity contribution in [1.29, 1.82) is 0 Å². The van der Waals surface area contributed by atoms with E-state index < -0.39 is 35.0 Å². The molecule has 0 saturated heterocycles. The monoisotopic (exact) mass is 517 g/mol. The van der Waals surface area contributed by atoms with Gasteiger partial charge in [-0.05, 0) is 72.5 Å². The zero-order valence-corrected chi connectivity index (χ0v) is 20.4. The van der Waals surface area contributed by atoms with Gasteiger partial charge in [0.05, 0.1) is 23.3 Å². The van der Waals surface area contributed by atoms with Gasteiger partial charge in [-0.1, -0.05) is 31.9 Å². The van der Waals surface area contributed by atoms with E-state index in [-0.39, 0.29) is 12.1 Å². The lowest BCUT2D eigenvalue weighted by molar-refractivity contribution is -0.137. The normalized spacial score (nSPS) is 11.3. The number of hydrogen-bond donors (Lipinski definition) is 2. The van der Waals surface area contributed by atoms with Crippen molar-refractivity contribution in [3.8, 4) is 16.9 Å². The Morgan fingerprint density at radius 1 is 1.00 bits per heavy atom. The van der Waals surface area contributed by atoms with E-state index in [0.29, 0.717) is 30.1 Å². The molecular formula is C28H27F4NO4. The highest BCUT2D eigenvalue weighted by Gasteiger charge is 2.31. The number of aromatic carboxylic acids is 1. The summed E-state index contributed by atoms with van der Waals surface area (Å²) in [5.41, 5.74) is 1.32. The van der Waals surface area contributed by atoms with E-state index in [1.54, 1.807) is 31.2 Å². The van der Waals surface area contributed by atoms with E-state index in [2.05, 4.69) is 12.2 Å². The fourth-order valence-corrected chi connectivity index (χ4v) is 3.83. The molecule has 5 nitrogen and oxygen atoms in total. The third kappa shape index (κ3) is 7.09. The van der Waals surface area contributed by atoms with E-state index in [4.69, 9.17) is 4.74 Å². The minimum absolute atomic E-state index is 0.0670. The lowest BCUT2D eigenvalue weighted by Gasteiger charge is -2.16.